The Morgan fingerprint density at radius 2 is 1.22 bits per heavy atom. The van der Waals surface area contributed by atoms with Gasteiger partial charge in [-0.2, -0.15) is 0 Å². The number of anilines is 3. The molecule has 0 bridgehead atoms. The summed E-state index contributed by atoms with van der Waals surface area (Å²) in [6, 6.07) is 23.1. The first-order chi connectivity index (χ1) is 15.3. The molecule has 4 aromatic carbocycles. The zero-order valence-corrected chi connectivity index (χ0v) is 18.2. The lowest BCUT2D eigenvalue weighted by Gasteiger charge is -2.27. The molecule has 0 spiro atoms. The third kappa shape index (κ3) is 4.18. The van der Waals surface area contributed by atoms with Crippen LogP contribution in [0.15, 0.2) is 78.9 Å². The largest absolute Gasteiger partial charge is 0.506 e. The highest BCUT2D eigenvalue weighted by atomic mass is 16.5. The molecular weight excluding hydrogens is 402 g/mol. The van der Waals surface area contributed by atoms with Crippen molar-refractivity contribution in [3.8, 4) is 28.7 Å². The second-order valence-electron chi connectivity index (χ2n) is 7.84. The maximum Gasteiger partial charge on any atom is 0.171 e. The number of para-hydroxylation sites is 1. The fourth-order valence-electron chi connectivity index (χ4n) is 3.61. The van der Waals surface area contributed by atoms with Crippen molar-refractivity contribution in [3.05, 3.63) is 95.6 Å². The minimum absolute atomic E-state index is 0.0555. The van der Waals surface area contributed by atoms with E-state index in [1.165, 1.54) is 0 Å². The van der Waals surface area contributed by atoms with E-state index in [0.29, 0.717) is 28.6 Å². The molecule has 162 valence electrons. The summed E-state index contributed by atoms with van der Waals surface area (Å²) in [5.41, 5.74) is 4.47. The monoisotopic (exact) mass is 427 g/mol. The second kappa shape index (κ2) is 8.55. The SMILES string of the molecule is Cc1ccc(O)c(N(c2cccc(Oc3c(C)cccc3O)c2)c2cc(C)ccc2O)c1. The summed E-state index contributed by atoms with van der Waals surface area (Å²) >= 11 is 0. The van der Waals surface area contributed by atoms with Gasteiger partial charge in [0, 0.05) is 6.07 Å². The Labute approximate surface area is 187 Å². The molecule has 0 aromatic heterocycles. The number of ether oxygens (including phenoxy) is 1. The van der Waals surface area contributed by atoms with Gasteiger partial charge in [-0.1, -0.05) is 30.3 Å². The van der Waals surface area contributed by atoms with E-state index >= 15 is 0 Å². The Kier molecular flexibility index (Phi) is 5.65. The molecule has 3 N–H and O–H groups in total. The first-order valence-electron chi connectivity index (χ1n) is 10.3. The van der Waals surface area contributed by atoms with Gasteiger partial charge in [0.25, 0.3) is 0 Å². The fourth-order valence-corrected chi connectivity index (χ4v) is 3.61. The number of rotatable bonds is 5. The van der Waals surface area contributed by atoms with Crippen molar-refractivity contribution in [3.63, 3.8) is 0 Å². The molecule has 0 aliphatic rings. The van der Waals surface area contributed by atoms with Gasteiger partial charge in [0.2, 0.25) is 0 Å². The lowest BCUT2D eigenvalue weighted by molar-refractivity contribution is 0.409. The summed E-state index contributed by atoms with van der Waals surface area (Å²) < 4.78 is 6.01. The molecule has 0 radical (unpaired) electrons. The average Bonchev–Trinajstić information content (AvgIpc) is 2.76. The van der Waals surface area contributed by atoms with Crippen LogP contribution in [0.1, 0.15) is 16.7 Å². The van der Waals surface area contributed by atoms with Crippen LogP contribution in [0.3, 0.4) is 0 Å². The van der Waals surface area contributed by atoms with Crippen LogP contribution in [-0.2, 0) is 0 Å². The lowest BCUT2D eigenvalue weighted by Crippen LogP contribution is -2.11. The van der Waals surface area contributed by atoms with Gasteiger partial charge < -0.3 is 25.0 Å². The van der Waals surface area contributed by atoms with Gasteiger partial charge in [-0.3, -0.25) is 0 Å². The number of aryl methyl sites for hydroxylation is 3. The van der Waals surface area contributed by atoms with Crippen molar-refractivity contribution in [2.75, 3.05) is 4.90 Å². The highest BCUT2D eigenvalue weighted by Crippen LogP contribution is 2.45. The van der Waals surface area contributed by atoms with Crippen molar-refractivity contribution in [1.82, 2.24) is 0 Å². The molecule has 0 fully saturated rings. The summed E-state index contributed by atoms with van der Waals surface area (Å²) in [5, 5.41) is 31.6. The number of phenolic OH excluding ortho intramolecular Hbond substituents is 3. The predicted molar refractivity (Wildman–Crippen MR) is 127 cm³/mol. The number of hydrogen-bond donors (Lipinski definition) is 3. The molecular formula is C27H25NO4. The molecule has 0 unspecified atom stereocenters. The van der Waals surface area contributed by atoms with Crippen LogP contribution in [0.2, 0.25) is 0 Å². The van der Waals surface area contributed by atoms with E-state index < -0.39 is 0 Å². The van der Waals surface area contributed by atoms with Gasteiger partial charge in [-0.25, -0.2) is 0 Å². The Hall–Kier alpha value is -4.12. The van der Waals surface area contributed by atoms with E-state index in [9.17, 15) is 15.3 Å². The molecule has 0 aliphatic carbocycles. The van der Waals surface area contributed by atoms with Gasteiger partial charge in [-0.15, -0.1) is 0 Å². The van der Waals surface area contributed by atoms with Crippen LogP contribution < -0.4 is 9.64 Å². The first-order valence-corrected chi connectivity index (χ1v) is 10.3. The summed E-state index contributed by atoms with van der Waals surface area (Å²) in [6.45, 7) is 5.75. The van der Waals surface area contributed by atoms with Crippen LogP contribution in [0.4, 0.5) is 17.1 Å². The molecule has 0 saturated carbocycles. The highest BCUT2D eigenvalue weighted by Gasteiger charge is 2.20. The quantitative estimate of drug-likeness (QED) is 0.320. The summed E-state index contributed by atoms with van der Waals surface area (Å²) in [5.74, 6) is 1.11. The van der Waals surface area contributed by atoms with Gasteiger partial charge in [0.05, 0.1) is 17.1 Å². The van der Waals surface area contributed by atoms with E-state index in [1.54, 1.807) is 41.3 Å². The minimum atomic E-state index is 0.0555. The number of hydrogen-bond acceptors (Lipinski definition) is 5. The molecule has 0 amide bonds. The Balaban J connectivity index is 1.86. The van der Waals surface area contributed by atoms with Crippen LogP contribution >= 0.6 is 0 Å². The summed E-state index contributed by atoms with van der Waals surface area (Å²) in [4.78, 5) is 1.79. The maximum atomic E-state index is 10.7. The van der Waals surface area contributed by atoms with Gasteiger partial charge in [0.15, 0.2) is 11.5 Å². The molecule has 0 heterocycles. The predicted octanol–water partition coefficient (Wildman–Crippen LogP) is 6.99. The zero-order chi connectivity index (χ0) is 22.8. The normalized spacial score (nSPS) is 10.7. The standard InChI is InChI=1S/C27H25NO4/c1-17-10-12-24(29)22(14-17)28(23-15-18(2)11-13-25(23)30)20-7-5-8-21(16-20)32-27-19(3)6-4-9-26(27)31/h4-16,29-31H,1-3H3. The topological polar surface area (TPSA) is 73.2 Å². The number of phenols is 3. The van der Waals surface area contributed by atoms with Crippen molar-refractivity contribution in [2.24, 2.45) is 0 Å². The third-order valence-electron chi connectivity index (χ3n) is 5.23. The first kappa shape index (κ1) is 21.1. The van der Waals surface area contributed by atoms with E-state index in [1.807, 2.05) is 63.2 Å². The van der Waals surface area contributed by atoms with Crippen molar-refractivity contribution in [2.45, 2.75) is 20.8 Å². The van der Waals surface area contributed by atoms with E-state index in [0.717, 1.165) is 16.7 Å². The number of benzene rings is 4. The van der Waals surface area contributed by atoms with Crippen molar-refractivity contribution >= 4 is 17.1 Å². The van der Waals surface area contributed by atoms with Gasteiger partial charge in [-0.05, 0) is 79.9 Å². The Morgan fingerprint density at radius 3 is 1.81 bits per heavy atom. The second-order valence-corrected chi connectivity index (χ2v) is 7.84. The molecule has 5 nitrogen and oxygen atoms in total. The minimum Gasteiger partial charge on any atom is -0.506 e. The van der Waals surface area contributed by atoms with E-state index in [4.69, 9.17) is 4.74 Å². The maximum absolute atomic E-state index is 10.7. The lowest BCUT2D eigenvalue weighted by atomic mass is 10.1. The molecule has 0 atom stereocenters. The zero-order valence-electron chi connectivity index (χ0n) is 18.2. The molecule has 5 heteroatoms. The van der Waals surface area contributed by atoms with Crippen LogP contribution in [0, 0.1) is 20.8 Å². The third-order valence-corrected chi connectivity index (χ3v) is 5.23. The van der Waals surface area contributed by atoms with Crippen LogP contribution in [-0.4, -0.2) is 15.3 Å². The van der Waals surface area contributed by atoms with Crippen LogP contribution in [0.5, 0.6) is 28.7 Å². The van der Waals surface area contributed by atoms with E-state index in [2.05, 4.69) is 0 Å². The Bertz CT molecular complexity index is 1210. The molecule has 4 aromatic rings. The molecule has 32 heavy (non-hydrogen) atoms. The number of aromatic hydroxyl groups is 3. The summed E-state index contributed by atoms with van der Waals surface area (Å²) in [7, 11) is 0. The van der Waals surface area contributed by atoms with E-state index in [-0.39, 0.29) is 17.2 Å². The molecule has 0 saturated heterocycles. The Morgan fingerprint density at radius 1 is 0.625 bits per heavy atom. The van der Waals surface area contributed by atoms with Gasteiger partial charge in [0.1, 0.15) is 17.2 Å². The molecule has 4 rings (SSSR count). The number of nitrogens with zero attached hydrogens (tertiary/aromatic N) is 1. The van der Waals surface area contributed by atoms with Crippen LogP contribution in [0.25, 0.3) is 0 Å². The van der Waals surface area contributed by atoms with Crippen molar-refractivity contribution in [1.29, 1.82) is 0 Å². The smallest absolute Gasteiger partial charge is 0.171 e. The van der Waals surface area contributed by atoms with Gasteiger partial charge >= 0.3 is 0 Å². The fraction of sp³-hybridized carbons (Fsp3) is 0.111. The van der Waals surface area contributed by atoms with Crippen molar-refractivity contribution < 1.29 is 20.1 Å². The highest BCUT2D eigenvalue weighted by molar-refractivity contribution is 5.83. The average molecular weight is 428 g/mol. The summed E-state index contributed by atoms with van der Waals surface area (Å²) in [6.07, 6.45) is 0. The molecule has 0 aliphatic heterocycles.